The minimum Gasteiger partial charge on any atom is -0.366 e. The number of urea groups is 1. The quantitative estimate of drug-likeness (QED) is 0.348. The molecule has 0 rings (SSSR count). The molecule has 21 heavy (non-hydrogen) atoms. The van der Waals surface area contributed by atoms with Crippen LogP contribution in [-0.2, 0) is 4.79 Å². The summed E-state index contributed by atoms with van der Waals surface area (Å²) in [5.74, 6) is -0.408. The van der Waals surface area contributed by atoms with E-state index in [0.29, 0.717) is 18.5 Å². The van der Waals surface area contributed by atoms with Crippen LogP contribution in [0.2, 0.25) is 0 Å². The molecule has 0 aromatic rings. The van der Waals surface area contributed by atoms with Gasteiger partial charge in [0.25, 0.3) is 0 Å². The molecule has 0 fully saturated rings. The highest BCUT2D eigenvalue weighted by atomic mass is 16.2. The van der Waals surface area contributed by atoms with Gasteiger partial charge in [0.05, 0.1) is 0 Å². The van der Waals surface area contributed by atoms with Gasteiger partial charge in [0.15, 0.2) is 0 Å². The molecule has 0 unspecified atom stereocenters. The maximum Gasteiger partial charge on any atom is 0.340 e. The number of rotatable bonds is 11. The number of amides is 3. The lowest BCUT2D eigenvalue weighted by atomic mass is 10.1. The number of nitrogens with one attached hydrogen (secondary N) is 1. The maximum absolute atomic E-state index is 11.3. The van der Waals surface area contributed by atoms with Crippen molar-refractivity contribution in [3.63, 3.8) is 0 Å². The third-order valence-electron chi connectivity index (χ3n) is 3.18. The molecule has 5 heteroatoms. The second-order valence-corrected chi connectivity index (χ2v) is 5.02. The van der Waals surface area contributed by atoms with Gasteiger partial charge in [-0.15, -0.1) is 0 Å². The Balaban J connectivity index is 3.92. The van der Waals surface area contributed by atoms with Crippen LogP contribution in [0.3, 0.4) is 0 Å². The zero-order chi connectivity index (χ0) is 15.9. The summed E-state index contributed by atoms with van der Waals surface area (Å²) < 4.78 is 0. The number of carbonyl (C=O) groups is 2. The van der Waals surface area contributed by atoms with Crippen molar-refractivity contribution in [2.24, 2.45) is 10.7 Å². The molecule has 0 bridgehead atoms. The van der Waals surface area contributed by atoms with E-state index < -0.39 is 11.9 Å². The number of unbranched alkanes of at least 4 members (excludes halogenated alkanes) is 6. The summed E-state index contributed by atoms with van der Waals surface area (Å²) >= 11 is 0. The van der Waals surface area contributed by atoms with E-state index in [1.165, 1.54) is 38.3 Å². The molecule has 0 aromatic carbocycles. The Labute approximate surface area is 128 Å². The molecule has 0 aromatic heterocycles. The van der Waals surface area contributed by atoms with E-state index in [2.05, 4.69) is 17.2 Å². The first-order chi connectivity index (χ1) is 10.1. The number of primary amides is 1. The fourth-order valence-corrected chi connectivity index (χ4v) is 1.99. The second kappa shape index (κ2) is 13.3. The smallest absolute Gasteiger partial charge is 0.340 e. The Morgan fingerprint density at radius 1 is 1.14 bits per heavy atom. The minimum absolute atomic E-state index is 0.376. The van der Waals surface area contributed by atoms with Gasteiger partial charge in [-0.1, -0.05) is 45.1 Å². The average Bonchev–Trinajstić information content (AvgIpc) is 2.44. The van der Waals surface area contributed by atoms with E-state index in [1.807, 2.05) is 6.08 Å². The average molecular weight is 295 g/mol. The predicted molar refractivity (Wildman–Crippen MR) is 87.5 cm³/mol. The summed E-state index contributed by atoms with van der Waals surface area (Å²) in [7, 11) is 0. The third kappa shape index (κ3) is 11.8. The van der Waals surface area contributed by atoms with E-state index in [0.717, 1.165) is 12.8 Å². The number of aliphatic imine (C=N–C) groups is 1. The third-order valence-corrected chi connectivity index (χ3v) is 3.18. The molecule has 0 radical (unpaired) electrons. The van der Waals surface area contributed by atoms with Crippen LogP contribution in [0.5, 0.6) is 0 Å². The van der Waals surface area contributed by atoms with Crippen molar-refractivity contribution in [1.82, 2.24) is 5.32 Å². The number of carbonyl (C=O) groups excluding carboxylic acids is 2. The highest BCUT2D eigenvalue weighted by molar-refractivity contribution is 5.92. The molecule has 5 nitrogen and oxygen atoms in total. The van der Waals surface area contributed by atoms with Gasteiger partial charge in [-0.2, -0.15) is 0 Å². The second-order valence-electron chi connectivity index (χ2n) is 5.02. The molecule has 0 heterocycles. The molecule has 120 valence electrons. The summed E-state index contributed by atoms with van der Waals surface area (Å²) in [6.45, 7) is 4.25. The van der Waals surface area contributed by atoms with E-state index >= 15 is 0 Å². The van der Waals surface area contributed by atoms with Gasteiger partial charge >= 0.3 is 6.03 Å². The van der Waals surface area contributed by atoms with E-state index in [9.17, 15) is 9.59 Å². The van der Waals surface area contributed by atoms with Crippen LogP contribution >= 0.6 is 0 Å². The first-order valence-electron chi connectivity index (χ1n) is 7.87. The molecule has 0 spiro atoms. The molecule has 3 amide bonds. The van der Waals surface area contributed by atoms with E-state index in [-0.39, 0.29) is 0 Å². The summed E-state index contributed by atoms with van der Waals surface area (Å²) in [6, 6.07) is -0.391. The van der Waals surface area contributed by atoms with Gasteiger partial charge in [-0.3, -0.25) is 4.79 Å². The van der Waals surface area contributed by atoms with Crippen LogP contribution in [0.15, 0.2) is 16.6 Å². The Morgan fingerprint density at radius 2 is 1.81 bits per heavy atom. The van der Waals surface area contributed by atoms with Crippen LogP contribution < -0.4 is 11.1 Å². The summed E-state index contributed by atoms with van der Waals surface area (Å²) in [5, 5.41) is 2.61. The molecular formula is C16H29N3O2. The van der Waals surface area contributed by atoms with Crippen molar-refractivity contribution >= 4 is 18.2 Å². The van der Waals surface area contributed by atoms with Crippen LogP contribution in [-0.4, -0.2) is 24.7 Å². The zero-order valence-corrected chi connectivity index (χ0v) is 13.4. The van der Waals surface area contributed by atoms with Crippen molar-refractivity contribution in [3.05, 3.63) is 11.6 Å². The van der Waals surface area contributed by atoms with Crippen LogP contribution in [0.4, 0.5) is 4.79 Å². The standard InChI is InChI=1S/C16H29N3O2/c1-3-5-6-7-8-9-10-11-14(15(17)20)12-13-19-16(21)18-4-2/h4,11H,3,5-10,12-13H2,1-2H3,(H2,17,20)(H,19,21). The minimum atomic E-state index is -0.408. The summed E-state index contributed by atoms with van der Waals surface area (Å²) in [6.07, 6.45) is 12.0. The summed E-state index contributed by atoms with van der Waals surface area (Å²) in [4.78, 5) is 26.0. The predicted octanol–water partition coefficient (Wildman–Crippen LogP) is 3.34. The topological polar surface area (TPSA) is 84.6 Å². The molecular weight excluding hydrogens is 266 g/mol. The Kier molecular flexibility index (Phi) is 12.3. The van der Waals surface area contributed by atoms with Gasteiger partial charge in [-0.25, -0.2) is 9.79 Å². The van der Waals surface area contributed by atoms with Crippen LogP contribution in [0, 0.1) is 0 Å². The maximum atomic E-state index is 11.3. The normalized spacial score (nSPS) is 11.8. The molecule has 0 saturated heterocycles. The highest BCUT2D eigenvalue weighted by Gasteiger charge is 2.05. The number of hydrogen-bond acceptors (Lipinski definition) is 2. The van der Waals surface area contributed by atoms with Crippen molar-refractivity contribution in [3.8, 4) is 0 Å². The Morgan fingerprint density at radius 3 is 2.43 bits per heavy atom. The lowest BCUT2D eigenvalue weighted by Crippen LogP contribution is -2.24. The molecule has 0 saturated carbocycles. The first-order valence-corrected chi connectivity index (χ1v) is 7.87. The molecule has 0 atom stereocenters. The van der Waals surface area contributed by atoms with E-state index in [1.54, 1.807) is 6.92 Å². The largest absolute Gasteiger partial charge is 0.366 e. The molecule has 0 aliphatic heterocycles. The van der Waals surface area contributed by atoms with Gasteiger partial charge in [0.2, 0.25) is 5.91 Å². The number of hydrogen-bond donors (Lipinski definition) is 2. The number of nitrogens with zero attached hydrogens (tertiary/aromatic N) is 1. The summed E-state index contributed by atoms with van der Waals surface area (Å²) in [5.41, 5.74) is 5.93. The monoisotopic (exact) mass is 295 g/mol. The van der Waals surface area contributed by atoms with Crippen molar-refractivity contribution in [2.75, 3.05) is 6.54 Å². The van der Waals surface area contributed by atoms with Crippen molar-refractivity contribution < 1.29 is 9.59 Å². The fourth-order valence-electron chi connectivity index (χ4n) is 1.99. The Hall–Kier alpha value is -1.65. The lowest BCUT2D eigenvalue weighted by molar-refractivity contribution is -0.114. The molecule has 3 N–H and O–H groups in total. The number of allylic oxidation sites excluding steroid dienone is 1. The lowest BCUT2D eigenvalue weighted by Gasteiger charge is -2.05. The molecule has 0 aliphatic rings. The molecule has 0 aliphatic carbocycles. The van der Waals surface area contributed by atoms with Gasteiger partial charge in [-0.05, 0) is 26.2 Å². The number of nitrogens with two attached hydrogens (primary N) is 1. The van der Waals surface area contributed by atoms with Gasteiger partial charge in [0, 0.05) is 18.3 Å². The SMILES string of the molecule is CC=NC(=O)NCCC(=CCCCCCCCC)C(N)=O. The van der Waals surface area contributed by atoms with Gasteiger partial charge in [0.1, 0.15) is 0 Å². The fraction of sp³-hybridized carbons (Fsp3) is 0.688. The van der Waals surface area contributed by atoms with Crippen LogP contribution in [0.1, 0.15) is 65.2 Å². The first kappa shape index (κ1) is 19.4. The van der Waals surface area contributed by atoms with Gasteiger partial charge < -0.3 is 11.1 Å². The zero-order valence-electron chi connectivity index (χ0n) is 13.4. The van der Waals surface area contributed by atoms with E-state index in [4.69, 9.17) is 5.73 Å². The van der Waals surface area contributed by atoms with Crippen molar-refractivity contribution in [1.29, 1.82) is 0 Å². The van der Waals surface area contributed by atoms with Crippen molar-refractivity contribution in [2.45, 2.75) is 65.2 Å². The Bertz CT molecular complexity index is 363. The highest BCUT2D eigenvalue weighted by Crippen LogP contribution is 2.09. The van der Waals surface area contributed by atoms with Crippen LogP contribution in [0.25, 0.3) is 0 Å².